The van der Waals surface area contributed by atoms with Gasteiger partial charge in [0.15, 0.2) is 16.6 Å². The molecule has 0 aliphatic heterocycles. The first-order valence-electron chi connectivity index (χ1n) is 11.8. The van der Waals surface area contributed by atoms with E-state index in [9.17, 15) is 13.2 Å². The Morgan fingerprint density at radius 3 is 2.32 bits per heavy atom. The third-order valence-electron chi connectivity index (χ3n) is 6.20. The van der Waals surface area contributed by atoms with E-state index in [1.807, 2.05) is 47.5 Å². The van der Waals surface area contributed by atoms with Crippen LogP contribution in [0.3, 0.4) is 0 Å². The van der Waals surface area contributed by atoms with E-state index in [2.05, 4.69) is 10.3 Å². The molecule has 4 aromatic rings. The molecular weight excluding hydrogens is 515 g/mol. The highest BCUT2D eigenvalue weighted by atomic mass is 32.1. The van der Waals surface area contributed by atoms with E-state index in [1.54, 1.807) is 21.3 Å². The molecule has 1 aromatic heterocycles. The molecule has 0 radical (unpaired) electrons. The van der Waals surface area contributed by atoms with Crippen LogP contribution in [0.25, 0.3) is 10.9 Å². The van der Waals surface area contributed by atoms with Gasteiger partial charge in [-0.25, -0.2) is 0 Å². The van der Waals surface area contributed by atoms with Crippen molar-refractivity contribution < 1.29 is 27.4 Å². The molecule has 0 saturated heterocycles. The molecule has 0 aliphatic carbocycles. The molecule has 0 fully saturated rings. The number of nitrogens with one attached hydrogen (secondary N) is 2. The van der Waals surface area contributed by atoms with Gasteiger partial charge in [-0.1, -0.05) is 6.07 Å². The van der Waals surface area contributed by atoms with Gasteiger partial charge >= 0.3 is 6.18 Å². The monoisotopic (exact) mass is 543 g/mol. The number of H-pyrrole nitrogens is 1. The molecule has 0 unspecified atom stereocenters. The van der Waals surface area contributed by atoms with Crippen molar-refractivity contribution in [2.24, 2.45) is 0 Å². The van der Waals surface area contributed by atoms with Crippen LogP contribution in [0.5, 0.6) is 17.2 Å². The second kappa shape index (κ2) is 11.6. The van der Waals surface area contributed by atoms with Crippen molar-refractivity contribution in [3.05, 3.63) is 83.6 Å². The van der Waals surface area contributed by atoms with Gasteiger partial charge in [-0.15, -0.1) is 0 Å². The smallest absolute Gasteiger partial charge is 0.416 e. The molecule has 200 valence electrons. The predicted molar refractivity (Wildman–Crippen MR) is 146 cm³/mol. The number of ether oxygens (including phenoxy) is 3. The van der Waals surface area contributed by atoms with Gasteiger partial charge in [0.25, 0.3) is 0 Å². The van der Waals surface area contributed by atoms with Gasteiger partial charge in [-0.2, -0.15) is 13.2 Å². The number of nitrogens with zero attached hydrogens (tertiary/aromatic N) is 1. The average Bonchev–Trinajstić information content (AvgIpc) is 3.32. The summed E-state index contributed by atoms with van der Waals surface area (Å²) in [5, 5.41) is 4.52. The normalized spacial score (nSPS) is 11.3. The molecule has 1 heterocycles. The molecule has 10 heteroatoms. The number of fused-ring (bicyclic) bond motifs is 1. The highest BCUT2D eigenvalue weighted by Gasteiger charge is 2.30. The molecule has 0 saturated carbocycles. The van der Waals surface area contributed by atoms with Crippen LogP contribution in [0.15, 0.2) is 66.9 Å². The van der Waals surface area contributed by atoms with Crippen molar-refractivity contribution in [1.29, 1.82) is 0 Å². The topological polar surface area (TPSA) is 58.8 Å². The Hall–Kier alpha value is -3.92. The zero-order valence-corrected chi connectivity index (χ0v) is 22.0. The van der Waals surface area contributed by atoms with E-state index < -0.39 is 11.7 Å². The summed E-state index contributed by atoms with van der Waals surface area (Å²) >= 11 is 5.71. The molecular formula is C28H28F3N3O3S. The van der Waals surface area contributed by atoms with Crippen molar-refractivity contribution in [3.63, 3.8) is 0 Å². The zero-order chi connectivity index (χ0) is 27.3. The lowest BCUT2D eigenvalue weighted by Crippen LogP contribution is -2.35. The van der Waals surface area contributed by atoms with E-state index in [0.29, 0.717) is 41.8 Å². The van der Waals surface area contributed by atoms with Crippen molar-refractivity contribution in [2.75, 3.05) is 33.2 Å². The minimum absolute atomic E-state index is 0.386. The summed E-state index contributed by atoms with van der Waals surface area (Å²) in [6, 6.07) is 16.3. The van der Waals surface area contributed by atoms with Crippen LogP contribution in [0.2, 0.25) is 0 Å². The van der Waals surface area contributed by atoms with Crippen LogP contribution in [-0.4, -0.2) is 42.9 Å². The molecule has 0 spiro atoms. The maximum atomic E-state index is 13.0. The summed E-state index contributed by atoms with van der Waals surface area (Å²) in [5.74, 6) is 1.97. The average molecular weight is 544 g/mol. The fraction of sp³-hybridized carbons (Fsp3) is 0.250. The molecule has 6 nitrogen and oxygen atoms in total. The van der Waals surface area contributed by atoms with Crippen LogP contribution in [0, 0.1) is 0 Å². The minimum atomic E-state index is -4.40. The SMILES string of the molecule is COc1ccc2[nH]cc(CCN(Cc3ccc(OC)c(OC)c3)C(=S)Nc3ccc(C(F)(F)F)cc3)c2c1. The predicted octanol–water partition coefficient (Wildman–Crippen LogP) is 6.65. The van der Waals surface area contributed by atoms with Gasteiger partial charge in [0.05, 0.1) is 26.9 Å². The van der Waals surface area contributed by atoms with Crippen molar-refractivity contribution in [2.45, 2.75) is 19.1 Å². The van der Waals surface area contributed by atoms with Gasteiger partial charge in [0.1, 0.15) is 5.75 Å². The Labute approximate surface area is 224 Å². The van der Waals surface area contributed by atoms with Crippen molar-refractivity contribution in [3.8, 4) is 17.2 Å². The lowest BCUT2D eigenvalue weighted by Gasteiger charge is -2.26. The van der Waals surface area contributed by atoms with Crippen molar-refractivity contribution >= 4 is 33.9 Å². The Balaban J connectivity index is 1.57. The number of benzene rings is 3. The molecule has 3 aromatic carbocycles. The lowest BCUT2D eigenvalue weighted by atomic mass is 10.1. The Morgan fingerprint density at radius 2 is 1.66 bits per heavy atom. The third-order valence-corrected chi connectivity index (χ3v) is 6.56. The Morgan fingerprint density at radius 1 is 0.921 bits per heavy atom. The third kappa shape index (κ3) is 6.31. The number of rotatable bonds is 9. The molecule has 2 N–H and O–H groups in total. The first-order valence-corrected chi connectivity index (χ1v) is 12.2. The summed E-state index contributed by atoms with van der Waals surface area (Å²) < 4.78 is 55.1. The highest BCUT2D eigenvalue weighted by Crippen LogP contribution is 2.31. The first-order chi connectivity index (χ1) is 18.2. The fourth-order valence-corrected chi connectivity index (χ4v) is 4.42. The number of alkyl halides is 3. The Bertz CT molecular complexity index is 1400. The minimum Gasteiger partial charge on any atom is -0.497 e. The van der Waals surface area contributed by atoms with E-state index in [4.69, 9.17) is 26.4 Å². The number of halogens is 3. The second-order valence-corrected chi connectivity index (χ2v) is 8.98. The van der Waals surface area contributed by atoms with Gasteiger partial charge in [-0.05, 0) is 84.4 Å². The number of thiocarbonyl (C=S) groups is 1. The fourth-order valence-electron chi connectivity index (χ4n) is 4.14. The van der Waals surface area contributed by atoms with Crippen LogP contribution >= 0.6 is 12.2 Å². The lowest BCUT2D eigenvalue weighted by molar-refractivity contribution is -0.137. The Kier molecular flexibility index (Phi) is 8.31. The van der Waals surface area contributed by atoms with Crippen LogP contribution in [-0.2, 0) is 19.1 Å². The van der Waals surface area contributed by atoms with Crippen molar-refractivity contribution in [1.82, 2.24) is 9.88 Å². The van der Waals surface area contributed by atoms with Crippen LogP contribution in [0.1, 0.15) is 16.7 Å². The zero-order valence-electron chi connectivity index (χ0n) is 21.2. The molecule has 38 heavy (non-hydrogen) atoms. The van der Waals surface area contributed by atoms with Crippen LogP contribution < -0.4 is 19.5 Å². The maximum Gasteiger partial charge on any atom is 0.416 e. The maximum absolute atomic E-state index is 13.0. The first kappa shape index (κ1) is 27.1. The standard InChI is InChI=1S/C28H28F3N3O3S/c1-35-22-9-10-24-23(15-22)19(16-32-24)12-13-34(17-18-4-11-25(36-2)26(14-18)37-3)27(38)33-21-7-5-20(6-8-21)28(29,30)31/h4-11,14-16,32H,12-13,17H2,1-3H3,(H,33,38). The number of hydrogen-bond acceptors (Lipinski definition) is 4. The van der Waals surface area contributed by atoms with E-state index in [-0.39, 0.29) is 0 Å². The van der Waals surface area contributed by atoms with Gasteiger partial charge in [-0.3, -0.25) is 0 Å². The van der Waals surface area contributed by atoms with Gasteiger partial charge in [0, 0.05) is 35.9 Å². The summed E-state index contributed by atoms with van der Waals surface area (Å²) in [6.07, 6.45) is -1.78. The van der Waals surface area contributed by atoms with Crippen LogP contribution in [0.4, 0.5) is 18.9 Å². The summed E-state index contributed by atoms with van der Waals surface area (Å²) in [7, 11) is 4.77. The molecule has 0 atom stereocenters. The molecule has 0 bridgehead atoms. The number of aromatic nitrogens is 1. The summed E-state index contributed by atoms with van der Waals surface area (Å²) in [5.41, 5.74) is 2.77. The number of methoxy groups -OCH3 is 3. The number of aromatic amines is 1. The van der Waals surface area contributed by atoms with E-state index >= 15 is 0 Å². The van der Waals surface area contributed by atoms with Gasteiger partial charge < -0.3 is 29.4 Å². The second-order valence-electron chi connectivity index (χ2n) is 8.59. The summed E-state index contributed by atoms with van der Waals surface area (Å²) in [4.78, 5) is 5.25. The largest absolute Gasteiger partial charge is 0.497 e. The quantitative estimate of drug-likeness (QED) is 0.231. The van der Waals surface area contributed by atoms with Gasteiger partial charge in [0.2, 0.25) is 0 Å². The molecule has 0 aliphatic rings. The molecule has 0 amide bonds. The number of anilines is 1. The summed E-state index contributed by atoms with van der Waals surface area (Å²) in [6.45, 7) is 0.990. The van der Waals surface area contributed by atoms with E-state index in [0.717, 1.165) is 39.9 Å². The molecule has 4 rings (SSSR count). The number of hydrogen-bond donors (Lipinski definition) is 2. The van der Waals surface area contributed by atoms with E-state index in [1.165, 1.54) is 12.1 Å². The highest BCUT2D eigenvalue weighted by molar-refractivity contribution is 7.80.